The monoisotopic (exact) mass is 204 g/mol. The van der Waals surface area contributed by atoms with Crippen molar-refractivity contribution in [2.45, 2.75) is 26.7 Å². The van der Waals surface area contributed by atoms with Crippen LogP contribution in [0.4, 0.5) is 0 Å². The van der Waals surface area contributed by atoms with Crippen molar-refractivity contribution in [3.05, 3.63) is 37.1 Å². The standard InChI is InChI=1S/C13H20N2/c1-5-8-13(11-14-9-6-2)10-12(4)15-7-3/h5,7,10-11H,1,3,6,8-9H2,2,4H3/b13-10+,14-11-,15-12-. The molecular formula is C13H20N2. The summed E-state index contributed by atoms with van der Waals surface area (Å²) < 4.78 is 0. The SMILES string of the molecule is C=CCC(/C=N\CCC)=C\C(C)=N/C=C. The minimum atomic E-state index is 0.817. The highest BCUT2D eigenvalue weighted by Gasteiger charge is 1.91. The fourth-order valence-corrected chi connectivity index (χ4v) is 1.08. The first-order valence-corrected chi connectivity index (χ1v) is 5.21. The van der Waals surface area contributed by atoms with Gasteiger partial charge in [0, 0.05) is 24.7 Å². The van der Waals surface area contributed by atoms with Crippen molar-refractivity contribution in [3.8, 4) is 0 Å². The fourth-order valence-electron chi connectivity index (χ4n) is 1.08. The van der Waals surface area contributed by atoms with E-state index in [1.807, 2.05) is 25.3 Å². The Morgan fingerprint density at radius 3 is 2.60 bits per heavy atom. The van der Waals surface area contributed by atoms with Crippen LogP contribution in [-0.2, 0) is 0 Å². The van der Waals surface area contributed by atoms with Crippen LogP contribution >= 0.6 is 0 Å². The number of hydrogen-bond donors (Lipinski definition) is 0. The van der Waals surface area contributed by atoms with Crippen LogP contribution < -0.4 is 0 Å². The van der Waals surface area contributed by atoms with Gasteiger partial charge in [-0.25, -0.2) is 0 Å². The summed E-state index contributed by atoms with van der Waals surface area (Å²) >= 11 is 0. The molecule has 15 heavy (non-hydrogen) atoms. The second kappa shape index (κ2) is 9.13. The molecule has 0 aliphatic carbocycles. The zero-order valence-electron chi connectivity index (χ0n) is 9.74. The van der Waals surface area contributed by atoms with Gasteiger partial charge in [-0.2, -0.15) is 0 Å². The average Bonchev–Trinajstić information content (AvgIpc) is 2.18. The number of allylic oxidation sites excluding steroid dienone is 3. The maximum absolute atomic E-state index is 4.30. The Balaban J connectivity index is 4.56. The van der Waals surface area contributed by atoms with E-state index in [4.69, 9.17) is 0 Å². The lowest BCUT2D eigenvalue weighted by atomic mass is 10.1. The Morgan fingerprint density at radius 2 is 2.07 bits per heavy atom. The topological polar surface area (TPSA) is 24.7 Å². The van der Waals surface area contributed by atoms with E-state index >= 15 is 0 Å². The van der Waals surface area contributed by atoms with E-state index in [1.54, 1.807) is 6.20 Å². The number of rotatable bonds is 7. The van der Waals surface area contributed by atoms with Crippen molar-refractivity contribution >= 4 is 11.9 Å². The summed E-state index contributed by atoms with van der Waals surface area (Å²) in [6.45, 7) is 12.2. The van der Waals surface area contributed by atoms with Crippen LogP contribution in [0.2, 0.25) is 0 Å². The minimum Gasteiger partial charge on any atom is -0.293 e. The van der Waals surface area contributed by atoms with Crippen molar-refractivity contribution in [1.29, 1.82) is 0 Å². The second-order valence-corrected chi connectivity index (χ2v) is 3.20. The maximum Gasteiger partial charge on any atom is 0.0386 e. The first kappa shape index (κ1) is 13.6. The number of hydrogen-bond acceptors (Lipinski definition) is 2. The summed E-state index contributed by atoms with van der Waals surface area (Å²) in [5.74, 6) is 0. The van der Waals surface area contributed by atoms with Gasteiger partial charge in [-0.05, 0) is 31.4 Å². The third-order valence-corrected chi connectivity index (χ3v) is 1.68. The van der Waals surface area contributed by atoms with Crippen LogP contribution in [-0.4, -0.2) is 18.5 Å². The van der Waals surface area contributed by atoms with E-state index in [2.05, 4.69) is 30.1 Å². The molecule has 0 saturated heterocycles. The van der Waals surface area contributed by atoms with Crippen LogP contribution in [0.3, 0.4) is 0 Å². The highest BCUT2D eigenvalue weighted by Crippen LogP contribution is 2.00. The molecule has 0 heterocycles. The third kappa shape index (κ3) is 7.62. The lowest BCUT2D eigenvalue weighted by molar-refractivity contribution is 0.936. The highest BCUT2D eigenvalue weighted by atomic mass is 14.7. The Bertz CT molecular complexity index is 283. The van der Waals surface area contributed by atoms with Crippen LogP contribution in [0.25, 0.3) is 0 Å². The van der Waals surface area contributed by atoms with Gasteiger partial charge in [-0.1, -0.05) is 19.6 Å². The molecule has 0 spiro atoms. The molecule has 0 saturated carbocycles. The van der Waals surface area contributed by atoms with Crippen molar-refractivity contribution in [2.24, 2.45) is 9.98 Å². The van der Waals surface area contributed by atoms with E-state index in [0.29, 0.717) is 0 Å². The van der Waals surface area contributed by atoms with Crippen LogP contribution in [0.5, 0.6) is 0 Å². The molecule has 0 aromatic carbocycles. The molecule has 0 radical (unpaired) electrons. The molecule has 0 fully saturated rings. The first-order valence-electron chi connectivity index (χ1n) is 5.21. The molecule has 2 heteroatoms. The van der Waals surface area contributed by atoms with Gasteiger partial charge >= 0.3 is 0 Å². The van der Waals surface area contributed by atoms with Crippen molar-refractivity contribution < 1.29 is 0 Å². The Morgan fingerprint density at radius 1 is 1.33 bits per heavy atom. The van der Waals surface area contributed by atoms with Crippen molar-refractivity contribution in [2.75, 3.05) is 6.54 Å². The normalized spacial score (nSPS) is 13.2. The van der Waals surface area contributed by atoms with Crippen molar-refractivity contribution in [1.82, 2.24) is 0 Å². The summed E-state index contributed by atoms with van der Waals surface area (Å²) in [4.78, 5) is 8.38. The van der Waals surface area contributed by atoms with Crippen molar-refractivity contribution in [3.63, 3.8) is 0 Å². The van der Waals surface area contributed by atoms with Crippen LogP contribution in [0.15, 0.2) is 47.1 Å². The molecule has 2 nitrogen and oxygen atoms in total. The lowest BCUT2D eigenvalue weighted by Gasteiger charge is -1.97. The Labute approximate surface area is 92.8 Å². The van der Waals surface area contributed by atoms with Gasteiger partial charge in [0.1, 0.15) is 0 Å². The summed E-state index contributed by atoms with van der Waals surface area (Å²) in [7, 11) is 0. The highest BCUT2D eigenvalue weighted by molar-refractivity contribution is 5.98. The van der Waals surface area contributed by atoms with Crippen LogP contribution in [0, 0.1) is 0 Å². The molecule has 0 aliphatic rings. The zero-order chi connectivity index (χ0) is 11.5. The number of nitrogens with zero attached hydrogens (tertiary/aromatic N) is 2. The van der Waals surface area contributed by atoms with Gasteiger partial charge in [-0.15, -0.1) is 6.58 Å². The number of aliphatic imine (C=N–C) groups is 2. The van der Waals surface area contributed by atoms with E-state index in [0.717, 1.165) is 30.7 Å². The molecule has 0 bridgehead atoms. The first-order chi connectivity index (χ1) is 7.24. The molecule has 0 N–H and O–H groups in total. The summed E-state index contributed by atoms with van der Waals surface area (Å²) in [5, 5.41) is 0. The minimum absolute atomic E-state index is 0.817. The van der Waals surface area contributed by atoms with E-state index in [-0.39, 0.29) is 0 Å². The summed E-state index contributed by atoms with van der Waals surface area (Å²) in [5.41, 5.74) is 2.06. The molecular weight excluding hydrogens is 184 g/mol. The molecule has 0 aromatic heterocycles. The van der Waals surface area contributed by atoms with Crippen LogP contribution in [0.1, 0.15) is 26.7 Å². The summed E-state index contributed by atoms with van der Waals surface area (Å²) in [6.07, 6.45) is 9.19. The van der Waals surface area contributed by atoms with Gasteiger partial charge in [-0.3, -0.25) is 9.98 Å². The predicted molar refractivity (Wildman–Crippen MR) is 69.9 cm³/mol. The third-order valence-electron chi connectivity index (χ3n) is 1.68. The second-order valence-electron chi connectivity index (χ2n) is 3.20. The van der Waals surface area contributed by atoms with Gasteiger partial charge in [0.2, 0.25) is 0 Å². The van der Waals surface area contributed by atoms with E-state index in [1.165, 1.54) is 0 Å². The largest absolute Gasteiger partial charge is 0.293 e. The molecule has 0 rings (SSSR count). The lowest BCUT2D eigenvalue weighted by Crippen LogP contribution is -1.91. The van der Waals surface area contributed by atoms with Gasteiger partial charge < -0.3 is 0 Å². The maximum atomic E-state index is 4.30. The quantitative estimate of drug-likeness (QED) is 0.447. The predicted octanol–water partition coefficient (Wildman–Crippen LogP) is 3.57. The molecule has 0 unspecified atom stereocenters. The van der Waals surface area contributed by atoms with E-state index in [9.17, 15) is 0 Å². The molecule has 0 atom stereocenters. The smallest absolute Gasteiger partial charge is 0.0386 e. The van der Waals surface area contributed by atoms with Gasteiger partial charge in [0.05, 0.1) is 0 Å². The Hall–Kier alpha value is -1.44. The molecule has 82 valence electrons. The Kier molecular flexibility index (Phi) is 8.25. The fraction of sp³-hybridized carbons (Fsp3) is 0.385. The molecule has 0 aromatic rings. The summed E-state index contributed by atoms with van der Waals surface area (Å²) in [6, 6.07) is 0. The molecule has 0 amide bonds. The van der Waals surface area contributed by atoms with Gasteiger partial charge in [0.15, 0.2) is 0 Å². The molecule has 0 aliphatic heterocycles. The van der Waals surface area contributed by atoms with Gasteiger partial charge in [0.25, 0.3) is 0 Å². The average molecular weight is 204 g/mol. The van der Waals surface area contributed by atoms with E-state index < -0.39 is 0 Å². The zero-order valence-corrected chi connectivity index (χ0v) is 9.74.